The number of para-hydroxylation sites is 1. The summed E-state index contributed by atoms with van der Waals surface area (Å²) in [6, 6.07) is 7.92. The van der Waals surface area contributed by atoms with E-state index in [2.05, 4.69) is 0 Å². The molecule has 0 aliphatic carbocycles. The van der Waals surface area contributed by atoms with E-state index in [0.29, 0.717) is 6.54 Å². The second-order valence-corrected chi connectivity index (χ2v) is 6.07. The standard InChI is InChI=1S/C15H19NO3/c1-15(2,3)19-14(17)16-9-8-12-13(18-12)10-6-4-5-7-11(10)16/h4-7,12-13H,8-9H2,1-3H3. The number of fused-ring (bicyclic) bond motifs is 3. The van der Waals surface area contributed by atoms with Crippen molar-refractivity contribution in [2.75, 3.05) is 11.4 Å². The lowest BCUT2D eigenvalue weighted by molar-refractivity contribution is 0.0579. The molecule has 0 saturated carbocycles. The van der Waals surface area contributed by atoms with Gasteiger partial charge in [0.15, 0.2) is 0 Å². The molecule has 102 valence electrons. The quantitative estimate of drug-likeness (QED) is 0.673. The Morgan fingerprint density at radius 3 is 2.84 bits per heavy atom. The number of hydrogen-bond acceptors (Lipinski definition) is 3. The number of carbonyl (C=O) groups excluding carboxylic acids is 1. The third-order valence-corrected chi connectivity index (χ3v) is 3.37. The van der Waals surface area contributed by atoms with Crippen LogP contribution in [0, 0.1) is 0 Å². The lowest BCUT2D eigenvalue weighted by atomic mass is 10.1. The second-order valence-electron chi connectivity index (χ2n) is 6.07. The molecule has 0 bridgehead atoms. The number of nitrogens with zero attached hydrogens (tertiary/aromatic N) is 1. The number of hydrogen-bond donors (Lipinski definition) is 0. The van der Waals surface area contributed by atoms with Gasteiger partial charge in [0.25, 0.3) is 0 Å². The van der Waals surface area contributed by atoms with Gasteiger partial charge < -0.3 is 9.47 Å². The highest BCUT2D eigenvalue weighted by Gasteiger charge is 2.45. The highest BCUT2D eigenvalue weighted by Crippen LogP contribution is 2.47. The number of carbonyl (C=O) groups is 1. The predicted octanol–water partition coefficient (Wildman–Crippen LogP) is 3.27. The van der Waals surface area contributed by atoms with Crippen LogP contribution in [0.5, 0.6) is 0 Å². The fraction of sp³-hybridized carbons (Fsp3) is 0.533. The molecule has 2 aliphatic heterocycles. The van der Waals surface area contributed by atoms with E-state index < -0.39 is 5.60 Å². The van der Waals surface area contributed by atoms with Gasteiger partial charge in [0.05, 0.1) is 11.8 Å². The number of anilines is 1. The number of epoxide rings is 1. The molecule has 1 fully saturated rings. The third-order valence-electron chi connectivity index (χ3n) is 3.37. The van der Waals surface area contributed by atoms with E-state index in [-0.39, 0.29) is 18.3 Å². The molecule has 4 heteroatoms. The van der Waals surface area contributed by atoms with Gasteiger partial charge >= 0.3 is 6.09 Å². The molecule has 1 saturated heterocycles. The third kappa shape index (κ3) is 2.45. The number of benzene rings is 1. The van der Waals surface area contributed by atoms with Gasteiger partial charge in [-0.15, -0.1) is 0 Å². The van der Waals surface area contributed by atoms with E-state index in [4.69, 9.17) is 9.47 Å². The maximum Gasteiger partial charge on any atom is 0.414 e. The Kier molecular flexibility index (Phi) is 2.78. The van der Waals surface area contributed by atoms with Crippen molar-refractivity contribution in [3.8, 4) is 0 Å². The largest absolute Gasteiger partial charge is 0.443 e. The Morgan fingerprint density at radius 1 is 1.37 bits per heavy atom. The van der Waals surface area contributed by atoms with E-state index in [1.807, 2.05) is 45.0 Å². The number of ether oxygens (including phenoxy) is 2. The van der Waals surface area contributed by atoms with Crippen LogP contribution >= 0.6 is 0 Å². The Labute approximate surface area is 113 Å². The molecule has 4 nitrogen and oxygen atoms in total. The maximum atomic E-state index is 12.3. The fourth-order valence-corrected chi connectivity index (χ4v) is 2.49. The first kappa shape index (κ1) is 12.5. The van der Waals surface area contributed by atoms with Gasteiger partial charge in [0, 0.05) is 12.1 Å². The van der Waals surface area contributed by atoms with E-state index >= 15 is 0 Å². The van der Waals surface area contributed by atoms with Gasteiger partial charge in [-0.25, -0.2) is 4.79 Å². The summed E-state index contributed by atoms with van der Waals surface area (Å²) in [6.07, 6.45) is 0.997. The van der Waals surface area contributed by atoms with Crippen molar-refractivity contribution in [2.24, 2.45) is 0 Å². The zero-order valence-corrected chi connectivity index (χ0v) is 11.6. The minimum Gasteiger partial charge on any atom is -0.443 e. The summed E-state index contributed by atoms with van der Waals surface area (Å²) in [6.45, 7) is 6.30. The zero-order chi connectivity index (χ0) is 13.6. The molecule has 0 spiro atoms. The zero-order valence-electron chi connectivity index (χ0n) is 11.6. The van der Waals surface area contributed by atoms with Crippen LogP contribution < -0.4 is 4.90 Å². The minimum absolute atomic E-state index is 0.156. The average Bonchev–Trinajstić information content (AvgIpc) is 3.06. The molecule has 0 radical (unpaired) electrons. The van der Waals surface area contributed by atoms with Crippen LogP contribution in [0.4, 0.5) is 10.5 Å². The van der Waals surface area contributed by atoms with Gasteiger partial charge in [-0.1, -0.05) is 18.2 Å². The first-order valence-corrected chi connectivity index (χ1v) is 6.70. The van der Waals surface area contributed by atoms with E-state index in [0.717, 1.165) is 17.7 Å². The average molecular weight is 261 g/mol. The normalized spacial score (nSPS) is 25.1. The summed E-state index contributed by atoms with van der Waals surface area (Å²) in [4.78, 5) is 14.0. The number of amides is 1. The van der Waals surface area contributed by atoms with Crippen molar-refractivity contribution in [3.63, 3.8) is 0 Å². The van der Waals surface area contributed by atoms with Gasteiger partial charge in [-0.05, 0) is 33.3 Å². The first-order valence-electron chi connectivity index (χ1n) is 6.70. The molecule has 1 aromatic rings. The highest BCUT2D eigenvalue weighted by atomic mass is 16.6. The van der Waals surface area contributed by atoms with Crippen molar-refractivity contribution < 1.29 is 14.3 Å². The Balaban J connectivity index is 1.90. The molecule has 2 unspecified atom stereocenters. The molecule has 1 amide bonds. The first-order chi connectivity index (χ1) is 8.96. The van der Waals surface area contributed by atoms with Crippen LogP contribution in [0.15, 0.2) is 24.3 Å². The molecular formula is C15H19NO3. The molecule has 2 atom stereocenters. The van der Waals surface area contributed by atoms with Crippen LogP contribution in [0.3, 0.4) is 0 Å². The van der Waals surface area contributed by atoms with Gasteiger partial charge in [-0.2, -0.15) is 0 Å². The van der Waals surface area contributed by atoms with Gasteiger partial charge in [-0.3, -0.25) is 4.90 Å². The summed E-state index contributed by atoms with van der Waals surface area (Å²) >= 11 is 0. The molecule has 2 aliphatic rings. The van der Waals surface area contributed by atoms with E-state index in [1.54, 1.807) is 4.90 Å². The van der Waals surface area contributed by atoms with Crippen LogP contribution in [0.2, 0.25) is 0 Å². The lowest BCUT2D eigenvalue weighted by Crippen LogP contribution is -2.37. The molecule has 0 aromatic heterocycles. The highest BCUT2D eigenvalue weighted by molar-refractivity contribution is 5.89. The topological polar surface area (TPSA) is 42.1 Å². The fourth-order valence-electron chi connectivity index (χ4n) is 2.49. The smallest absolute Gasteiger partial charge is 0.414 e. The monoisotopic (exact) mass is 261 g/mol. The molecule has 19 heavy (non-hydrogen) atoms. The van der Waals surface area contributed by atoms with Crippen molar-refractivity contribution in [2.45, 2.75) is 45.0 Å². The summed E-state index contributed by atoms with van der Waals surface area (Å²) in [5, 5.41) is 0. The Bertz CT molecular complexity index is 506. The molecule has 2 heterocycles. The van der Waals surface area contributed by atoms with E-state index in [9.17, 15) is 4.79 Å². The Morgan fingerprint density at radius 2 is 2.11 bits per heavy atom. The van der Waals surface area contributed by atoms with Crippen LogP contribution in [0.1, 0.15) is 38.9 Å². The number of rotatable bonds is 0. The lowest BCUT2D eigenvalue weighted by Gasteiger charge is -2.27. The Hall–Kier alpha value is -1.55. The SMILES string of the molecule is CC(C)(C)OC(=O)N1CCC2OC2c2ccccc21. The van der Waals surface area contributed by atoms with Crippen LogP contribution in [-0.4, -0.2) is 24.3 Å². The van der Waals surface area contributed by atoms with Crippen LogP contribution in [-0.2, 0) is 9.47 Å². The summed E-state index contributed by atoms with van der Waals surface area (Å²) in [7, 11) is 0. The van der Waals surface area contributed by atoms with Crippen LogP contribution in [0.25, 0.3) is 0 Å². The minimum atomic E-state index is -0.474. The molecule has 3 rings (SSSR count). The van der Waals surface area contributed by atoms with Crippen molar-refractivity contribution >= 4 is 11.8 Å². The predicted molar refractivity (Wildman–Crippen MR) is 72.3 cm³/mol. The maximum absolute atomic E-state index is 12.3. The molecular weight excluding hydrogens is 242 g/mol. The van der Waals surface area contributed by atoms with Crippen molar-refractivity contribution in [1.82, 2.24) is 0 Å². The summed E-state index contributed by atoms with van der Waals surface area (Å²) in [5.41, 5.74) is 1.54. The van der Waals surface area contributed by atoms with E-state index in [1.165, 1.54) is 0 Å². The van der Waals surface area contributed by atoms with Crippen molar-refractivity contribution in [3.05, 3.63) is 29.8 Å². The second kappa shape index (κ2) is 4.23. The summed E-state index contributed by atoms with van der Waals surface area (Å²) in [5.74, 6) is 0. The van der Waals surface area contributed by atoms with Crippen molar-refractivity contribution in [1.29, 1.82) is 0 Å². The van der Waals surface area contributed by atoms with Gasteiger partial charge in [0.2, 0.25) is 0 Å². The molecule has 1 aromatic carbocycles. The molecule has 0 N–H and O–H groups in total. The summed E-state index contributed by atoms with van der Waals surface area (Å²) < 4.78 is 11.1. The van der Waals surface area contributed by atoms with Gasteiger partial charge in [0.1, 0.15) is 11.7 Å².